The smallest absolute Gasteiger partial charge is 0.166 e. The van der Waals surface area contributed by atoms with Gasteiger partial charge in [0.15, 0.2) is 17.4 Å². The molecule has 0 spiro atoms. The fourth-order valence-corrected chi connectivity index (χ4v) is 0. The molecular formula is H3AlCl2LaO. The van der Waals surface area contributed by atoms with Crippen molar-refractivity contribution >= 4 is 41.1 Å². The Balaban J connectivity index is -0.0000000200. The second kappa shape index (κ2) is 16.3. The van der Waals surface area contributed by atoms with E-state index in [9.17, 15) is 0 Å². The second-order valence-corrected chi connectivity index (χ2v) is 0.525. The van der Waals surface area contributed by atoms with E-state index in [-0.39, 0.29) is 53.0 Å². The van der Waals surface area contributed by atoms with Crippen LogP contribution in [-0.2, 0) is 3.84 Å². The minimum atomic E-state index is 0. The molecule has 0 N–H and O–H groups in total. The summed E-state index contributed by atoms with van der Waals surface area (Å²) >= 11 is 8.53. The van der Waals surface area contributed by atoms with Gasteiger partial charge in [0, 0.05) is 35.6 Å². The summed E-state index contributed by atoms with van der Waals surface area (Å²) in [6.07, 6.45) is 0. The fraction of sp³-hybridized carbons (Fsp3) is 0. The van der Waals surface area contributed by atoms with Gasteiger partial charge in [-0.1, -0.05) is 0 Å². The van der Waals surface area contributed by atoms with Crippen molar-refractivity contribution in [3.05, 3.63) is 0 Å². The first-order chi connectivity index (χ1) is 1.41. The van der Waals surface area contributed by atoms with Crippen LogP contribution in [0.1, 0.15) is 0 Å². The topological polar surface area (TPSA) is 9.23 Å². The minimum Gasteiger partial charge on any atom is -0.166 e. The maximum absolute atomic E-state index is 4.26. The van der Waals surface area contributed by atoms with Crippen molar-refractivity contribution in [2.75, 3.05) is 0 Å². The molecule has 1 nitrogen and oxygen atoms in total. The van der Waals surface area contributed by atoms with Crippen molar-refractivity contribution in [3.8, 4) is 0 Å². The van der Waals surface area contributed by atoms with Crippen LogP contribution in [0.15, 0.2) is 0 Å². The van der Waals surface area contributed by atoms with E-state index < -0.39 is 0 Å². The minimum absolute atomic E-state index is 0. The van der Waals surface area contributed by atoms with Gasteiger partial charge in [0.25, 0.3) is 0 Å². The molecular weight excluding hydrogens is 253 g/mol. The van der Waals surface area contributed by atoms with E-state index >= 15 is 0 Å². The molecule has 0 rings (SSSR count). The molecule has 0 atom stereocenters. The second-order valence-electron chi connectivity index (χ2n) is 0.0583. The summed E-state index contributed by atoms with van der Waals surface area (Å²) in [5.41, 5.74) is 0. The maximum atomic E-state index is 4.26. The summed E-state index contributed by atoms with van der Waals surface area (Å²) in [6.45, 7) is 0. The molecule has 0 amide bonds. The van der Waals surface area contributed by atoms with Crippen LogP contribution in [0.4, 0.5) is 0 Å². The molecule has 0 bridgehead atoms. The molecule has 0 heterocycles. The molecule has 0 aliphatic rings. The first kappa shape index (κ1) is 15.7. The van der Waals surface area contributed by atoms with Gasteiger partial charge in [0.05, 0.1) is 23.7 Å². The van der Waals surface area contributed by atoms with Crippen molar-refractivity contribution in [3.63, 3.8) is 0 Å². The molecule has 0 aliphatic heterocycles. The quantitative estimate of drug-likeness (QED) is 0.559. The molecule has 0 fully saturated rings. The van der Waals surface area contributed by atoms with E-state index in [1.54, 1.807) is 0 Å². The SMILES string of the molecule is ClOCl.[AlH3].[La]. The van der Waals surface area contributed by atoms with E-state index in [4.69, 9.17) is 0 Å². The van der Waals surface area contributed by atoms with Gasteiger partial charge in [-0.25, -0.2) is 0 Å². The molecule has 29 valence electrons. The Labute approximate surface area is 79.4 Å². The summed E-state index contributed by atoms with van der Waals surface area (Å²) < 4.78 is 3.19. The molecule has 5 heteroatoms. The number of rotatable bonds is 0. The van der Waals surface area contributed by atoms with Crippen LogP contribution >= 0.6 is 23.7 Å². The Morgan fingerprint density at radius 3 is 1.20 bits per heavy atom. The number of hydrogen-bond acceptors (Lipinski definition) is 1. The number of hydrogen-bond donors (Lipinski definition) is 0. The summed E-state index contributed by atoms with van der Waals surface area (Å²) in [4.78, 5) is 0. The van der Waals surface area contributed by atoms with Crippen molar-refractivity contribution in [2.45, 2.75) is 0 Å². The monoisotopic (exact) mass is 255 g/mol. The molecule has 0 saturated heterocycles. The molecule has 0 aromatic heterocycles. The van der Waals surface area contributed by atoms with Crippen LogP contribution in [0.25, 0.3) is 0 Å². The van der Waals surface area contributed by atoms with Crippen molar-refractivity contribution in [2.24, 2.45) is 0 Å². The van der Waals surface area contributed by atoms with Gasteiger partial charge in [0.2, 0.25) is 0 Å². The maximum Gasteiger partial charge on any atom is 0.187 e. The third-order valence-corrected chi connectivity index (χ3v) is 0. The van der Waals surface area contributed by atoms with Crippen LogP contribution in [0, 0.1) is 35.6 Å². The van der Waals surface area contributed by atoms with Gasteiger partial charge < -0.3 is 0 Å². The molecule has 0 unspecified atom stereocenters. The first-order valence-corrected chi connectivity index (χ1v) is 0.926. The summed E-state index contributed by atoms with van der Waals surface area (Å²) in [7, 11) is 0. The van der Waals surface area contributed by atoms with E-state index in [2.05, 4.69) is 27.6 Å². The molecule has 0 aromatic rings. The predicted octanol–water partition coefficient (Wildman–Crippen LogP) is 0.127. The van der Waals surface area contributed by atoms with Crippen molar-refractivity contribution < 1.29 is 39.4 Å². The zero-order valence-electron chi connectivity index (χ0n) is 1.74. The van der Waals surface area contributed by atoms with Gasteiger partial charge in [-0.3, -0.25) is 0 Å². The zero-order valence-corrected chi connectivity index (χ0v) is 6.88. The van der Waals surface area contributed by atoms with Crippen LogP contribution in [-0.4, -0.2) is 17.4 Å². The van der Waals surface area contributed by atoms with Crippen LogP contribution in [0.3, 0.4) is 0 Å². The van der Waals surface area contributed by atoms with Crippen molar-refractivity contribution in [1.82, 2.24) is 0 Å². The summed E-state index contributed by atoms with van der Waals surface area (Å²) in [6, 6.07) is 0. The molecule has 0 aromatic carbocycles. The number of halogens is 2. The Bertz CT molecular complexity index is 9.61. The fourth-order valence-electron chi connectivity index (χ4n) is 0. The Kier molecular flexibility index (Phi) is 51.1. The van der Waals surface area contributed by atoms with Crippen LogP contribution in [0.2, 0.25) is 0 Å². The van der Waals surface area contributed by atoms with Gasteiger partial charge in [-0.05, 0) is 0 Å². The Morgan fingerprint density at radius 1 is 1.20 bits per heavy atom. The first-order valence-electron chi connectivity index (χ1n) is 0.309. The van der Waals surface area contributed by atoms with Crippen LogP contribution in [0.5, 0.6) is 0 Å². The largest absolute Gasteiger partial charge is 0.187 e. The predicted molar refractivity (Wildman–Crippen MR) is 22.7 cm³/mol. The van der Waals surface area contributed by atoms with Gasteiger partial charge >= 0.3 is 0 Å². The van der Waals surface area contributed by atoms with Gasteiger partial charge in [-0.2, -0.15) is 3.84 Å². The normalized spacial score (nSPS) is 3.60. The van der Waals surface area contributed by atoms with Crippen LogP contribution < -0.4 is 0 Å². The average Bonchev–Trinajstić information content (AvgIpc) is 0.918. The van der Waals surface area contributed by atoms with E-state index in [1.807, 2.05) is 0 Å². The Morgan fingerprint density at radius 2 is 1.20 bits per heavy atom. The van der Waals surface area contributed by atoms with Gasteiger partial charge in [-0.15, -0.1) is 0 Å². The standard InChI is InChI=1S/Al.Cl2O.La.3H/c;1-3-2;;;;. The zero-order chi connectivity index (χ0) is 2.71. The third kappa shape index (κ3) is 22.2. The molecule has 0 saturated carbocycles. The Hall–Kier alpha value is 2.27. The van der Waals surface area contributed by atoms with E-state index in [0.29, 0.717) is 0 Å². The van der Waals surface area contributed by atoms with E-state index in [0.717, 1.165) is 0 Å². The third-order valence-electron chi connectivity index (χ3n) is 0. The molecule has 0 aliphatic carbocycles. The average molecular weight is 256 g/mol. The van der Waals surface area contributed by atoms with Crippen molar-refractivity contribution in [1.29, 1.82) is 0 Å². The summed E-state index contributed by atoms with van der Waals surface area (Å²) in [5.74, 6) is 0. The van der Waals surface area contributed by atoms with E-state index in [1.165, 1.54) is 0 Å². The van der Waals surface area contributed by atoms with Gasteiger partial charge in [0.1, 0.15) is 0 Å². The molecule has 1 radical (unpaired) electrons. The summed E-state index contributed by atoms with van der Waals surface area (Å²) in [5, 5.41) is 0. The molecule has 5 heavy (non-hydrogen) atoms.